The molecule has 17 heavy (non-hydrogen) atoms. The van der Waals surface area contributed by atoms with Gasteiger partial charge in [-0.3, -0.25) is 4.79 Å². The number of nitrogens with zero attached hydrogens (tertiary/aromatic N) is 1. The van der Waals surface area contributed by atoms with Gasteiger partial charge in [0.15, 0.2) is 0 Å². The van der Waals surface area contributed by atoms with Crippen LogP contribution in [0.25, 0.3) is 0 Å². The van der Waals surface area contributed by atoms with E-state index in [0.29, 0.717) is 11.1 Å². The Kier molecular flexibility index (Phi) is 3.89. The number of halogens is 1. The number of anilines is 1. The number of carboxylic acids is 1. The largest absolute Gasteiger partial charge is 0.480 e. The molecule has 2 rings (SSSR count). The van der Waals surface area contributed by atoms with Gasteiger partial charge in [0, 0.05) is 16.8 Å². The van der Waals surface area contributed by atoms with E-state index < -0.39 is 5.97 Å². The van der Waals surface area contributed by atoms with Gasteiger partial charge in [0.2, 0.25) is 0 Å². The Balaban J connectivity index is 2.22. The predicted molar refractivity (Wildman–Crippen MR) is 68.7 cm³/mol. The second-order valence-electron chi connectivity index (χ2n) is 4.44. The molecule has 1 aliphatic carbocycles. The fraction of sp³-hybridized carbons (Fsp3) is 0.462. The van der Waals surface area contributed by atoms with E-state index in [1.165, 1.54) is 12.8 Å². The molecule has 0 aromatic heterocycles. The Bertz CT molecular complexity index is 402. The summed E-state index contributed by atoms with van der Waals surface area (Å²) in [5.41, 5.74) is 0.909. The fourth-order valence-corrected chi connectivity index (χ4v) is 2.63. The molecule has 1 N–H and O–H groups in total. The SMILES string of the molecule is O=C(O)CN(c1cccc(Cl)c1)C1CCCC1. The van der Waals surface area contributed by atoms with Crippen molar-refractivity contribution in [2.45, 2.75) is 31.7 Å². The molecular weight excluding hydrogens is 238 g/mol. The molecule has 1 saturated carbocycles. The van der Waals surface area contributed by atoms with Crippen LogP contribution in [-0.4, -0.2) is 23.7 Å². The first-order chi connectivity index (χ1) is 8.16. The van der Waals surface area contributed by atoms with Gasteiger partial charge in [0.05, 0.1) is 0 Å². The summed E-state index contributed by atoms with van der Waals surface area (Å²) in [5.74, 6) is -0.795. The Hall–Kier alpha value is -1.22. The Morgan fingerprint density at radius 2 is 2.12 bits per heavy atom. The van der Waals surface area contributed by atoms with Crippen LogP contribution in [0.3, 0.4) is 0 Å². The number of hydrogen-bond donors (Lipinski definition) is 1. The van der Waals surface area contributed by atoms with Crippen LogP contribution in [0, 0.1) is 0 Å². The van der Waals surface area contributed by atoms with Gasteiger partial charge in [-0.05, 0) is 31.0 Å². The zero-order valence-corrected chi connectivity index (χ0v) is 10.4. The zero-order valence-electron chi connectivity index (χ0n) is 9.60. The monoisotopic (exact) mass is 253 g/mol. The van der Waals surface area contributed by atoms with Gasteiger partial charge in [-0.2, -0.15) is 0 Å². The molecule has 4 heteroatoms. The van der Waals surface area contributed by atoms with Crippen molar-refractivity contribution in [2.24, 2.45) is 0 Å². The molecule has 0 amide bonds. The first-order valence-electron chi connectivity index (χ1n) is 5.91. The van der Waals surface area contributed by atoms with Crippen LogP contribution in [0.15, 0.2) is 24.3 Å². The Morgan fingerprint density at radius 3 is 2.71 bits per heavy atom. The van der Waals surface area contributed by atoms with Crippen molar-refractivity contribution >= 4 is 23.3 Å². The molecule has 0 atom stereocenters. The maximum absolute atomic E-state index is 11.0. The lowest BCUT2D eigenvalue weighted by molar-refractivity contribution is -0.135. The van der Waals surface area contributed by atoms with Gasteiger partial charge in [-0.15, -0.1) is 0 Å². The lowest BCUT2D eigenvalue weighted by Crippen LogP contribution is -2.37. The van der Waals surface area contributed by atoms with Crippen LogP contribution in [-0.2, 0) is 4.79 Å². The van der Waals surface area contributed by atoms with Gasteiger partial charge in [-0.25, -0.2) is 0 Å². The molecule has 0 heterocycles. The molecule has 1 aromatic rings. The van der Waals surface area contributed by atoms with Gasteiger partial charge < -0.3 is 10.0 Å². The van der Waals surface area contributed by atoms with Gasteiger partial charge in [0.25, 0.3) is 0 Å². The second kappa shape index (κ2) is 5.41. The molecule has 1 fully saturated rings. The summed E-state index contributed by atoms with van der Waals surface area (Å²) in [7, 11) is 0. The topological polar surface area (TPSA) is 40.5 Å². The van der Waals surface area contributed by atoms with E-state index >= 15 is 0 Å². The molecule has 0 bridgehead atoms. The molecule has 3 nitrogen and oxygen atoms in total. The van der Waals surface area contributed by atoms with Crippen molar-refractivity contribution in [2.75, 3.05) is 11.4 Å². The second-order valence-corrected chi connectivity index (χ2v) is 4.88. The summed E-state index contributed by atoms with van der Waals surface area (Å²) in [5, 5.41) is 9.65. The quantitative estimate of drug-likeness (QED) is 0.896. The Labute approximate surface area is 106 Å². The standard InChI is InChI=1S/C13H16ClNO2/c14-10-4-3-7-12(8-10)15(9-13(16)17)11-5-1-2-6-11/h3-4,7-8,11H,1-2,5-6,9H2,(H,16,17). The van der Waals surface area contributed by atoms with Gasteiger partial charge in [-0.1, -0.05) is 30.5 Å². The summed E-state index contributed by atoms with van der Waals surface area (Å²) >= 11 is 5.96. The van der Waals surface area contributed by atoms with Crippen molar-refractivity contribution < 1.29 is 9.90 Å². The van der Waals surface area contributed by atoms with Crippen LogP contribution < -0.4 is 4.90 Å². The molecule has 0 aliphatic heterocycles. The average Bonchev–Trinajstić information content (AvgIpc) is 2.79. The molecule has 1 aromatic carbocycles. The normalized spacial score (nSPS) is 16.1. The van der Waals surface area contributed by atoms with Gasteiger partial charge >= 0.3 is 5.97 Å². The van der Waals surface area contributed by atoms with E-state index in [1.54, 1.807) is 6.07 Å². The highest BCUT2D eigenvalue weighted by atomic mass is 35.5. The van der Waals surface area contributed by atoms with Gasteiger partial charge in [0.1, 0.15) is 6.54 Å². The van der Waals surface area contributed by atoms with Crippen LogP contribution in [0.1, 0.15) is 25.7 Å². The smallest absolute Gasteiger partial charge is 0.323 e. The lowest BCUT2D eigenvalue weighted by atomic mass is 10.1. The number of hydrogen-bond acceptors (Lipinski definition) is 2. The number of carboxylic acid groups (broad SMARTS) is 1. The van der Waals surface area contributed by atoms with Crippen LogP contribution in [0.2, 0.25) is 5.02 Å². The summed E-state index contributed by atoms with van der Waals surface area (Å²) in [4.78, 5) is 12.9. The highest BCUT2D eigenvalue weighted by Crippen LogP contribution is 2.29. The van der Waals surface area contributed by atoms with E-state index in [9.17, 15) is 4.79 Å². The highest BCUT2D eigenvalue weighted by molar-refractivity contribution is 6.30. The minimum absolute atomic E-state index is 0.0466. The fourth-order valence-electron chi connectivity index (χ4n) is 2.45. The molecule has 0 spiro atoms. The molecule has 1 aliphatic rings. The third-order valence-electron chi connectivity index (χ3n) is 3.21. The van der Waals surface area contributed by atoms with Crippen molar-refractivity contribution in [3.63, 3.8) is 0 Å². The van der Waals surface area contributed by atoms with E-state index in [-0.39, 0.29) is 6.54 Å². The van der Waals surface area contributed by atoms with Crippen LogP contribution in [0.4, 0.5) is 5.69 Å². The summed E-state index contributed by atoms with van der Waals surface area (Å²) in [6, 6.07) is 7.76. The van der Waals surface area contributed by atoms with E-state index in [4.69, 9.17) is 16.7 Å². The minimum Gasteiger partial charge on any atom is -0.480 e. The third kappa shape index (κ3) is 3.13. The first kappa shape index (κ1) is 12.2. The molecular formula is C13H16ClNO2. The highest BCUT2D eigenvalue weighted by Gasteiger charge is 2.24. The Morgan fingerprint density at radius 1 is 1.41 bits per heavy atom. The zero-order chi connectivity index (χ0) is 12.3. The van der Waals surface area contributed by atoms with Crippen molar-refractivity contribution in [1.82, 2.24) is 0 Å². The van der Waals surface area contributed by atoms with Crippen LogP contribution in [0.5, 0.6) is 0 Å². The van der Waals surface area contributed by atoms with Crippen molar-refractivity contribution in [3.05, 3.63) is 29.3 Å². The molecule has 0 unspecified atom stereocenters. The van der Waals surface area contributed by atoms with Crippen molar-refractivity contribution in [1.29, 1.82) is 0 Å². The van der Waals surface area contributed by atoms with E-state index in [0.717, 1.165) is 18.5 Å². The first-order valence-corrected chi connectivity index (χ1v) is 6.28. The van der Waals surface area contributed by atoms with E-state index in [2.05, 4.69) is 0 Å². The predicted octanol–water partition coefficient (Wildman–Crippen LogP) is 3.17. The number of carbonyl (C=O) groups is 1. The molecule has 0 radical (unpaired) electrons. The maximum atomic E-state index is 11.0. The minimum atomic E-state index is -0.795. The lowest BCUT2D eigenvalue weighted by Gasteiger charge is -2.29. The van der Waals surface area contributed by atoms with Crippen LogP contribution >= 0.6 is 11.6 Å². The molecule has 0 saturated heterocycles. The van der Waals surface area contributed by atoms with E-state index in [1.807, 2.05) is 23.1 Å². The summed E-state index contributed by atoms with van der Waals surface area (Å²) < 4.78 is 0. The average molecular weight is 254 g/mol. The number of benzene rings is 1. The number of rotatable bonds is 4. The summed E-state index contributed by atoms with van der Waals surface area (Å²) in [6.45, 7) is 0.0466. The maximum Gasteiger partial charge on any atom is 0.323 e. The third-order valence-corrected chi connectivity index (χ3v) is 3.45. The summed E-state index contributed by atoms with van der Waals surface area (Å²) in [6.07, 6.45) is 4.50. The van der Waals surface area contributed by atoms with Crippen molar-refractivity contribution in [3.8, 4) is 0 Å². The molecule has 92 valence electrons. The number of aliphatic carboxylic acids is 1.